The zero-order valence-corrected chi connectivity index (χ0v) is 13.4. The molecule has 0 radical (unpaired) electrons. The van der Waals surface area contributed by atoms with E-state index in [9.17, 15) is 4.79 Å². The van der Waals surface area contributed by atoms with E-state index in [2.05, 4.69) is 26.2 Å². The van der Waals surface area contributed by atoms with E-state index in [-0.39, 0.29) is 5.91 Å². The fourth-order valence-corrected chi connectivity index (χ4v) is 3.24. The molecule has 2 aromatic carbocycles. The molecule has 0 saturated carbocycles. The maximum Gasteiger partial charge on any atom is 0.251 e. The van der Waals surface area contributed by atoms with Crippen molar-refractivity contribution in [2.24, 2.45) is 0 Å². The highest BCUT2D eigenvalue weighted by Crippen LogP contribution is 2.24. The normalized spacial score (nSPS) is 10.7. The Morgan fingerprint density at radius 1 is 1.29 bits per heavy atom. The van der Waals surface area contributed by atoms with Gasteiger partial charge in [-0.05, 0) is 35.9 Å². The standard InChI is InChI=1S/C15H12BrN3OS/c16-11-3-1-2-9(6-11)8-18-14(20)10-4-5-12-13(7-10)21-15(17)19-12/h1-7H,8H2,(H2,17,19)(H,18,20). The lowest BCUT2D eigenvalue weighted by Gasteiger charge is -2.06. The third-order valence-corrected chi connectivity index (χ3v) is 4.35. The van der Waals surface area contributed by atoms with Crippen LogP contribution < -0.4 is 11.1 Å². The third kappa shape index (κ3) is 3.22. The number of anilines is 1. The van der Waals surface area contributed by atoms with Crippen LogP contribution in [0.5, 0.6) is 0 Å². The first-order chi connectivity index (χ1) is 10.1. The second-order valence-corrected chi connectivity index (χ2v) is 6.53. The minimum absolute atomic E-state index is 0.108. The van der Waals surface area contributed by atoms with E-state index in [0.29, 0.717) is 17.2 Å². The summed E-state index contributed by atoms with van der Waals surface area (Å²) in [6.45, 7) is 0.487. The molecule has 4 nitrogen and oxygen atoms in total. The number of nitrogens with zero attached hydrogens (tertiary/aromatic N) is 1. The molecule has 106 valence electrons. The molecule has 1 amide bonds. The summed E-state index contributed by atoms with van der Waals surface area (Å²) in [5, 5.41) is 3.42. The predicted octanol–water partition coefficient (Wildman–Crippen LogP) is 3.57. The SMILES string of the molecule is Nc1nc2ccc(C(=O)NCc3cccc(Br)c3)cc2s1. The Morgan fingerprint density at radius 3 is 2.95 bits per heavy atom. The summed E-state index contributed by atoms with van der Waals surface area (Å²) in [5.74, 6) is -0.108. The van der Waals surface area contributed by atoms with Gasteiger partial charge in [-0.1, -0.05) is 39.4 Å². The number of hydrogen-bond donors (Lipinski definition) is 2. The van der Waals surface area contributed by atoms with Gasteiger partial charge in [-0.2, -0.15) is 0 Å². The second kappa shape index (κ2) is 5.83. The third-order valence-electron chi connectivity index (χ3n) is 3.01. The minimum Gasteiger partial charge on any atom is -0.375 e. The first kappa shape index (κ1) is 14.0. The average Bonchev–Trinajstić information content (AvgIpc) is 2.84. The summed E-state index contributed by atoms with van der Waals surface area (Å²) in [5.41, 5.74) is 8.14. The van der Waals surface area contributed by atoms with E-state index < -0.39 is 0 Å². The number of rotatable bonds is 3. The van der Waals surface area contributed by atoms with Crippen LogP contribution in [0.2, 0.25) is 0 Å². The zero-order valence-electron chi connectivity index (χ0n) is 11.0. The molecule has 0 bridgehead atoms. The van der Waals surface area contributed by atoms with E-state index in [1.807, 2.05) is 36.4 Å². The van der Waals surface area contributed by atoms with Crippen LogP contribution in [0.3, 0.4) is 0 Å². The van der Waals surface area contributed by atoms with E-state index in [1.165, 1.54) is 11.3 Å². The highest BCUT2D eigenvalue weighted by molar-refractivity contribution is 9.10. The van der Waals surface area contributed by atoms with Crippen molar-refractivity contribution in [3.05, 3.63) is 58.1 Å². The Balaban J connectivity index is 1.74. The van der Waals surface area contributed by atoms with E-state index in [1.54, 1.807) is 6.07 Å². The van der Waals surface area contributed by atoms with Crippen molar-refractivity contribution in [1.82, 2.24) is 10.3 Å². The van der Waals surface area contributed by atoms with Gasteiger partial charge in [0.05, 0.1) is 10.2 Å². The number of benzene rings is 2. The van der Waals surface area contributed by atoms with E-state index in [0.717, 1.165) is 20.3 Å². The molecule has 21 heavy (non-hydrogen) atoms. The van der Waals surface area contributed by atoms with Gasteiger partial charge >= 0.3 is 0 Å². The number of nitrogens with one attached hydrogen (secondary N) is 1. The van der Waals surface area contributed by atoms with Crippen LogP contribution in [-0.4, -0.2) is 10.9 Å². The van der Waals surface area contributed by atoms with Gasteiger partial charge in [0.2, 0.25) is 0 Å². The minimum atomic E-state index is -0.108. The molecular weight excluding hydrogens is 350 g/mol. The predicted molar refractivity (Wildman–Crippen MR) is 89.3 cm³/mol. The molecule has 0 aliphatic carbocycles. The highest BCUT2D eigenvalue weighted by atomic mass is 79.9. The number of fused-ring (bicyclic) bond motifs is 1. The highest BCUT2D eigenvalue weighted by Gasteiger charge is 2.08. The Hall–Kier alpha value is -1.92. The molecule has 0 aliphatic heterocycles. The Kier molecular flexibility index (Phi) is 3.90. The second-order valence-electron chi connectivity index (χ2n) is 4.55. The number of amides is 1. The number of halogens is 1. The maximum atomic E-state index is 12.2. The van der Waals surface area contributed by atoms with Gasteiger partial charge in [0.15, 0.2) is 5.13 Å². The maximum absolute atomic E-state index is 12.2. The summed E-state index contributed by atoms with van der Waals surface area (Å²) in [6, 6.07) is 13.2. The first-order valence-corrected chi connectivity index (χ1v) is 7.91. The fourth-order valence-electron chi connectivity index (χ4n) is 2.02. The molecule has 0 atom stereocenters. The van der Waals surface area contributed by atoms with Crippen molar-refractivity contribution in [2.75, 3.05) is 5.73 Å². The summed E-state index contributed by atoms with van der Waals surface area (Å²) in [7, 11) is 0. The lowest BCUT2D eigenvalue weighted by atomic mass is 10.2. The molecule has 0 spiro atoms. The average molecular weight is 362 g/mol. The molecular formula is C15H12BrN3OS. The Bertz CT molecular complexity index is 816. The van der Waals surface area contributed by atoms with Gasteiger partial charge in [-0.25, -0.2) is 4.98 Å². The molecule has 3 N–H and O–H groups in total. The molecule has 1 heterocycles. The lowest BCUT2D eigenvalue weighted by molar-refractivity contribution is 0.0951. The van der Waals surface area contributed by atoms with Crippen molar-refractivity contribution in [1.29, 1.82) is 0 Å². The topological polar surface area (TPSA) is 68.0 Å². The summed E-state index contributed by atoms with van der Waals surface area (Å²) in [6.07, 6.45) is 0. The van der Waals surface area contributed by atoms with Gasteiger partial charge < -0.3 is 11.1 Å². The Morgan fingerprint density at radius 2 is 2.14 bits per heavy atom. The molecule has 0 unspecified atom stereocenters. The number of aromatic nitrogens is 1. The van der Waals surface area contributed by atoms with Gasteiger partial charge in [0, 0.05) is 16.6 Å². The van der Waals surface area contributed by atoms with Crippen LogP contribution in [0.15, 0.2) is 46.9 Å². The molecule has 0 saturated heterocycles. The van der Waals surface area contributed by atoms with Gasteiger partial charge in [0.25, 0.3) is 5.91 Å². The largest absolute Gasteiger partial charge is 0.375 e. The van der Waals surface area contributed by atoms with Crippen LogP contribution in [0.4, 0.5) is 5.13 Å². The van der Waals surface area contributed by atoms with Crippen LogP contribution in [0.1, 0.15) is 15.9 Å². The number of nitrogens with two attached hydrogens (primary N) is 1. The lowest BCUT2D eigenvalue weighted by Crippen LogP contribution is -2.22. The van der Waals surface area contributed by atoms with Crippen LogP contribution in [0.25, 0.3) is 10.2 Å². The monoisotopic (exact) mass is 361 g/mol. The van der Waals surface area contributed by atoms with Gasteiger partial charge in [-0.15, -0.1) is 0 Å². The van der Waals surface area contributed by atoms with E-state index >= 15 is 0 Å². The van der Waals surface area contributed by atoms with Crippen molar-refractivity contribution in [3.63, 3.8) is 0 Å². The van der Waals surface area contributed by atoms with Crippen LogP contribution in [-0.2, 0) is 6.54 Å². The smallest absolute Gasteiger partial charge is 0.251 e. The number of thiazole rings is 1. The molecule has 0 aliphatic rings. The van der Waals surface area contributed by atoms with Gasteiger partial charge in [-0.3, -0.25) is 4.79 Å². The number of nitrogen functional groups attached to an aromatic ring is 1. The molecule has 1 aromatic heterocycles. The molecule has 6 heteroatoms. The summed E-state index contributed by atoms with van der Waals surface area (Å²) < 4.78 is 1.92. The van der Waals surface area contributed by atoms with Crippen molar-refractivity contribution < 1.29 is 4.79 Å². The van der Waals surface area contributed by atoms with Crippen molar-refractivity contribution in [2.45, 2.75) is 6.54 Å². The molecule has 3 aromatic rings. The van der Waals surface area contributed by atoms with Gasteiger partial charge in [0.1, 0.15) is 0 Å². The fraction of sp³-hybridized carbons (Fsp3) is 0.0667. The summed E-state index contributed by atoms with van der Waals surface area (Å²) in [4.78, 5) is 16.4. The molecule has 3 rings (SSSR count). The number of carbonyl (C=O) groups is 1. The first-order valence-electron chi connectivity index (χ1n) is 6.30. The summed E-state index contributed by atoms with van der Waals surface area (Å²) >= 11 is 4.79. The van der Waals surface area contributed by atoms with Crippen molar-refractivity contribution >= 4 is 48.5 Å². The van der Waals surface area contributed by atoms with Crippen molar-refractivity contribution in [3.8, 4) is 0 Å². The zero-order chi connectivity index (χ0) is 14.8. The Labute approximate surface area is 134 Å². The quantitative estimate of drug-likeness (QED) is 0.749. The van der Waals surface area contributed by atoms with Crippen LogP contribution in [0, 0.1) is 0 Å². The number of carbonyl (C=O) groups excluding carboxylic acids is 1. The number of hydrogen-bond acceptors (Lipinski definition) is 4. The molecule has 0 fully saturated rings. The van der Waals surface area contributed by atoms with E-state index in [4.69, 9.17) is 5.73 Å². The van der Waals surface area contributed by atoms with Crippen LogP contribution >= 0.6 is 27.3 Å².